The van der Waals surface area contributed by atoms with Crippen molar-refractivity contribution in [1.82, 2.24) is 42.5 Å². The summed E-state index contributed by atoms with van der Waals surface area (Å²) in [6, 6.07) is 5.38. The highest BCUT2D eigenvalue weighted by atomic mass is 31.2. The van der Waals surface area contributed by atoms with E-state index in [0.717, 1.165) is 43.5 Å². The molecule has 0 aliphatic heterocycles. The van der Waals surface area contributed by atoms with Crippen molar-refractivity contribution in [3.05, 3.63) is 29.8 Å². The van der Waals surface area contributed by atoms with E-state index in [-0.39, 0.29) is 141 Å². The van der Waals surface area contributed by atoms with Gasteiger partial charge in [0.05, 0.1) is 18.5 Å². The van der Waals surface area contributed by atoms with E-state index in [4.69, 9.17) is 106 Å². The second kappa shape index (κ2) is 77.3. The number of carboxylic acids is 8. The van der Waals surface area contributed by atoms with Crippen LogP contribution in [0, 0.1) is 11.8 Å². The quantitative estimate of drug-likeness (QED) is 0.0329. The number of benzene rings is 1. The van der Waals surface area contributed by atoms with Crippen LogP contribution in [0.15, 0.2) is 24.3 Å². The summed E-state index contributed by atoms with van der Waals surface area (Å²) in [5, 5.41) is 93.1. The van der Waals surface area contributed by atoms with E-state index in [1.165, 1.54) is 0 Å². The van der Waals surface area contributed by atoms with Gasteiger partial charge in [-0.15, -0.1) is 0 Å². The van der Waals surface area contributed by atoms with Gasteiger partial charge in [-0.1, -0.05) is 25.5 Å². The lowest BCUT2D eigenvalue weighted by molar-refractivity contribution is -0.193. The molecule has 0 aromatic heterocycles. The fourth-order valence-corrected chi connectivity index (χ4v) is 11.1. The van der Waals surface area contributed by atoms with Crippen molar-refractivity contribution in [3.63, 3.8) is 0 Å². The van der Waals surface area contributed by atoms with Crippen molar-refractivity contribution in [2.75, 3.05) is 63.1 Å². The smallest absolute Gasteiger partial charge is 0.373 e. The molecule has 0 saturated carbocycles. The number of amides is 7. The number of nitrogens with one attached hydrogen (secondary N) is 9. The third-order valence-corrected chi connectivity index (χ3v) is 16.6. The second-order valence-corrected chi connectivity index (χ2v) is 31.4. The minimum atomic E-state index is -4.41. The zero-order valence-corrected chi connectivity index (χ0v) is 69.3. The number of urea groups is 3. The molecule has 1 aromatic rings. The minimum Gasteiger partial charge on any atom is -0.481 e. The molecule has 0 fully saturated rings. The maximum absolute atomic E-state index is 11.7. The van der Waals surface area contributed by atoms with Crippen LogP contribution >= 0.6 is 15.0 Å². The number of unbranched alkanes of at least 4 members (excludes halogenated alkanes) is 2. The normalized spacial score (nSPS) is 12.3. The summed E-state index contributed by atoms with van der Waals surface area (Å²) in [5.41, 5.74) is 18.0. The molecule has 0 radical (unpaired) electrons. The first kappa shape index (κ1) is 124. The monoisotopic (exact) mass is 1710 g/mol. The third kappa shape index (κ3) is 112. The molecule has 45 nitrogen and oxygen atoms in total. The molecule has 0 heterocycles. The highest BCUT2D eigenvalue weighted by Crippen LogP contribution is 2.43. The molecule has 0 bridgehead atoms. The zero-order chi connectivity index (χ0) is 92.2. The predicted molar refractivity (Wildman–Crippen MR) is 412 cm³/mol. The van der Waals surface area contributed by atoms with Crippen molar-refractivity contribution in [2.45, 2.75) is 233 Å². The Labute approximate surface area is 672 Å². The first-order valence-corrected chi connectivity index (χ1v) is 39.6. The largest absolute Gasteiger partial charge is 0.481 e. The number of nitrogens with two attached hydrogens (primary N) is 3. The van der Waals surface area contributed by atoms with Crippen LogP contribution in [0.2, 0.25) is 0 Å². The van der Waals surface area contributed by atoms with Crippen molar-refractivity contribution >= 4 is 117 Å². The van der Waals surface area contributed by atoms with Gasteiger partial charge in [-0.2, -0.15) is 38.4 Å². The highest BCUT2D eigenvalue weighted by molar-refractivity contribution is 7.58. The second-order valence-electron chi connectivity index (χ2n) is 27.2. The number of carbonyl (C=O) groups is 12. The lowest BCUT2D eigenvalue weighted by atomic mass is 10.1. The van der Waals surface area contributed by atoms with Crippen LogP contribution in [0.4, 0.5) is 20.1 Å². The Kier molecular flexibility index (Phi) is 82.7. The van der Waals surface area contributed by atoms with Crippen LogP contribution in [0.25, 0.3) is 0 Å². The molecular formula is C69H124N12O33P2. The van der Waals surface area contributed by atoms with Crippen LogP contribution in [-0.4, -0.2) is 251 Å². The summed E-state index contributed by atoms with van der Waals surface area (Å²) in [7, 11) is -7.51. The third-order valence-electron chi connectivity index (χ3n) is 13.5. The fraction of sp³-hybridized carbons (Fsp3) is 0.681. The van der Waals surface area contributed by atoms with Gasteiger partial charge in [-0.25, -0.2) is 14.4 Å². The molecule has 0 spiro atoms. The minimum absolute atomic E-state index is 0.0263. The molecule has 116 heavy (non-hydrogen) atoms. The van der Waals surface area contributed by atoms with E-state index >= 15 is 0 Å². The molecule has 0 aliphatic carbocycles. The van der Waals surface area contributed by atoms with Crippen LogP contribution in [0.5, 0.6) is 0 Å². The molecular weight excluding hydrogens is 1590 g/mol. The number of carbonyl (C=O) groups excluding carboxylic acids is 12. The number of aliphatic carboxylic acids is 8. The van der Waals surface area contributed by atoms with Gasteiger partial charge in [0.15, 0.2) is 0 Å². The maximum Gasteiger partial charge on any atom is 0.373 e. The van der Waals surface area contributed by atoms with E-state index in [2.05, 4.69) is 89.4 Å². The van der Waals surface area contributed by atoms with Crippen molar-refractivity contribution in [3.8, 4) is 0 Å². The maximum atomic E-state index is 11.7. The summed E-state index contributed by atoms with van der Waals surface area (Å²) in [6.07, 6.45) is 6.20. The molecule has 47 heteroatoms. The van der Waals surface area contributed by atoms with E-state index in [1.54, 1.807) is 34.6 Å². The molecule has 26 N–H and O–H groups in total. The average molecular weight is 1710 g/mol. The van der Waals surface area contributed by atoms with Crippen molar-refractivity contribution in [1.29, 1.82) is 0 Å². The summed E-state index contributed by atoms with van der Waals surface area (Å²) in [4.78, 5) is 220. The van der Waals surface area contributed by atoms with Crippen molar-refractivity contribution in [2.24, 2.45) is 29.0 Å². The summed E-state index contributed by atoms with van der Waals surface area (Å²) in [6.45, 7) is 24.9. The van der Waals surface area contributed by atoms with Gasteiger partial charge in [0.25, 0.3) is 0 Å². The van der Waals surface area contributed by atoms with Crippen LogP contribution in [-0.2, 0) is 97.1 Å². The van der Waals surface area contributed by atoms with Crippen LogP contribution in [0.3, 0.4) is 0 Å². The molecule has 668 valence electrons. The topological polar surface area (TPSA) is 784 Å². The molecule has 1 aromatic carbocycles. The van der Waals surface area contributed by atoms with Gasteiger partial charge in [0.1, 0.15) is 6.04 Å². The van der Waals surface area contributed by atoms with E-state index in [1.807, 2.05) is 24.3 Å². The number of anilines is 1. The Balaban J connectivity index is -0.000000166. The van der Waals surface area contributed by atoms with E-state index in [9.17, 15) is 71.6 Å². The van der Waals surface area contributed by atoms with Gasteiger partial charge in [0.2, 0.25) is 13.3 Å². The van der Waals surface area contributed by atoms with Crippen LogP contribution in [0.1, 0.15) is 191 Å². The fourth-order valence-electron chi connectivity index (χ4n) is 8.14. The molecule has 3 unspecified atom stereocenters. The van der Waals surface area contributed by atoms with Crippen molar-refractivity contribution < 1.29 is 161 Å². The molecule has 7 amide bonds. The van der Waals surface area contributed by atoms with Gasteiger partial charge < -0.3 is 121 Å². The first-order chi connectivity index (χ1) is 53.5. The number of hydrogen-bond donors (Lipinski definition) is 23. The Hall–Kier alpha value is -10.2. The summed E-state index contributed by atoms with van der Waals surface area (Å²) in [5.74, 6) is -10.0. The number of rotatable bonds is 45. The molecule has 1 rings (SSSR count). The molecule has 0 aliphatic rings. The Bertz CT molecular complexity index is 3140. The number of hydrogen-bond acceptors (Lipinski definition) is 27. The van der Waals surface area contributed by atoms with Gasteiger partial charge in [-0.3, -0.25) is 52.3 Å². The Morgan fingerprint density at radius 3 is 1.10 bits per heavy atom. The standard InChI is InChI=1S/C18H29N3O3.C15H31N3O3.C9H16N2O5.C9H20NO4P.C8H17N3O3.C6H11O7P.4CO2/c1-13(5-10-16(22)23)20-17(24)19-12-11-14-6-8-15(9-7-14)21-18(2,3)4;1-12(8-9-13(19)20)18-14(21)16-10-6-5-7-11-17-15(2,3)4;1-5(2-3-8(13)14)11-7(12)4-6(10)9(15)16;1-8(3-4-9(11)12)7-15(13,14)6-2-5-10;1-6(2-3-7(12)13)11-8(14)10-5-4-9;7-5(8)2-1-4(6(9)10)3-14(11,12)13;4*2-1-3/h6-9,13,21H,5,10-12H2,1-4H3,(H,22,23)(H2,19,20,24);12,17H,5-11H2,1-4H3,(H,19,20)(H2,16,18,21);5-6H,2-4,10H2,1H3,(H,11,12)(H,13,14)(H,15,16);8H,2-7,10H2,1H3,(H,11,12)(H,13,14);6H,2-5,9H2,1H3,(H,12,13)(H2,10,11,14);4H,1-3H2,(H,7,8)(H,9,10)(H2,11,12,13);;;;/t13-;12-;5-,6-;;6-;;;;;/m110.1...../s1. The van der Waals surface area contributed by atoms with Gasteiger partial charge in [-0.05, 0) is 170 Å². The first-order valence-electron chi connectivity index (χ1n) is 35.8. The summed E-state index contributed by atoms with van der Waals surface area (Å²) < 4.78 is 22.1. The number of carboxylic acid groups (broad SMARTS) is 8. The van der Waals surface area contributed by atoms with E-state index < -0.39 is 93.2 Å². The average Bonchev–Trinajstić information content (AvgIpc) is 0.890. The zero-order valence-electron chi connectivity index (χ0n) is 67.5. The summed E-state index contributed by atoms with van der Waals surface area (Å²) >= 11 is 0. The highest BCUT2D eigenvalue weighted by Gasteiger charge is 2.28. The molecule has 8 atom stereocenters. The van der Waals surface area contributed by atoms with Gasteiger partial charge in [0, 0.05) is 118 Å². The SMILES string of the molecule is CC(CCC(=O)O)CP(=O)(O)CCCN.C[C@@H](CCC(=O)O)NC(=O)C[C@H](N)C(=O)O.C[C@H](CCC(=O)O)NC(=O)NCCCCCNC(C)(C)C.C[C@H](CCC(=O)O)NC(=O)NCCN.C[C@H](CCC(=O)O)NC(=O)NCCc1ccc(NC(C)(C)C)cc1.O=C(O)CCC(CP(=O)(O)O)C(=O)O.O=C=O.O=C=O.O=C=O.O=C=O. The Morgan fingerprint density at radius 1 is 0.431 bits per heavy atom. The lowest BCUT2D eigenvalue weighted by Gasteiger charge is -2.22. The van der Waals surface area contributed by atoms with Gasteiger partial charge >= 0.3 is 98.0 Å². The predicted octanol–water partition coefficient (Wildman–Crippen LogP) is 2.25. The van der Waals surface area contributed by atoms with E-state index in [0.29, 0.717) is 71.2 Å². The Morgan fingerprint density at radius 2 is 0.776 bits per heavy atom. The van der Waals surface area contributed by atoms with Crippen LogP contribution < -0.4 is 65.1 Å². The lowest BCUT2D eigenvalue weighted by Crippen LogP contribution is -2.42. The molecule has 0 saturated heterocycles.